The first-order valence-corrected chi connectivity index (χ1v) is 17.7. The molecular formula is C38H45Cl2N5O4S. The molecule has 1 aromatic heterocycles. The normalized spacial score (nSPS) is 14.0. The fourth-order valence-corrected chi connectivity index (χ4v) is 7.63. The molecular weight excluding hydrogens is 693 g/mol. The van der Waals surface area contributed by atoms with Crippen molar-refractivity contribution in [3.05, 3.63) is 105 Å². The van der Waals surface area contributed by atoms with Crippen molar-refractivity contribution in [1.82, 2.24) is 4.90 Å². The predicted molar refractivity (Wildman–Crippen MR) is 208 cm³/mol. The van der Waals surface area contributed by atoms with Gasteiger partial charge in [0.25, 0.3) is 17.7 Å². The zero-order chi connectivity index (χ0) is 33.5. The number of nitrogens with zero attached hydrogens (tertiary/aromatic N) is 2. The van der Waals surface area contributed by atoms with Crippen LogP contribution in [0.15, 0.2) is 72.8 Å². The van der Waals surface area contributed by atoms with Gasteiger partial charge < -0.3 is 25.6 Å². The number of benzene rings is 3. The molecule has 0 saturated carbocycles. The lowest BCUT2D eigenvalue weighted by atomic mass is 9.95. The Morgan fingerprint density at radius 3 is 2.06 bits per heavy atom. The average molecular weight is 739 g/mol. The predicted octanol–water partition coefficient (Wildman–Crippen LogP) is 7.91. The number of thiophene rings is 1. The van der Waals surface area contributed by atoms with Crippen LogP contribution in [0.3, 0.4) is 0 Å². The summed E-state index contributed by atoms with van der Waals surface area (Å²) in [6.07, 6.45) is 3.76. The standard InChI is InChI=1S/C38H43N5O4S.2ClH/c1-3-43(4-2)31-18-16-30(17-19-31)39-35(44)27-12-14-29(15-13-27)40-37(46)34-32-10-5-6-11-33(32)48-38(34)41-36(45)28-9-7-8-26(24-28)25-42-20-22-47-23-21-42;;/h7-9,12-19,24H,3-6,10-11,20-23,25H2,1-2H3,(H,39,44)(H,40,46)(H,41,45);2*1H. The maximum Gasteiger partial charge on any atom is 0.258 e. The lowest BCUT2D eigenvalue weighted by Gasteiger charge is -2.26. The first kappa shape index (κ1) is 38.9. The highest BCUT2D eigenvalue weighted by Gasteiger charge is 2.27. The van der Waals surface area contributed by atoms with Gasteiger partial charge in [0.15, 0.2) is 0 Å². The second-order valence-electron chi connectivity index (χ2n) is 12.2. The first-order chi connectivity index (χ1) is 23.4. The van der Waals surface area contributed by atoms with Crippen molar-refractivity contribution in [2.45, 2.75) is 46.1 Å². The molecule has 2 heterocycles. The van der Waals surface area contributed by atoms with Gasteiger partial charge in [-0.15, -0.1) is 36.2 Å². The summed E-state index contributed by atoms with van der Waals surface area (Å²) in [5.74, 6) is -0.727. The highest BCUT2D eigenvalue weighted by atomic mass is 35.5. The van der Waals surface area contributed by atoms with Crippen LogP contribution in [0.4, 0.5) is 22.1 Å². The second-order valence-corrected chi connectivity index (χ2v) is 13.3. The number of anilines is 4. The van der Waals surface area contributed by atoms with Gasteiger partial charge in [-0.05, 0) is 111 Å². The largest absolute Gasteiger partial charge is 0.379 e. The Kier molecular flexibility index (Phi) is 14.3. The molecule has 4 aromatic rings. The number of aryl methyl sites for hydroxylation is 1. The van der Waals surface area contributed by atoms with E-state index < -0.39 is 0 Å². The molecule has 3 N–H and O–H groups in total. The van der Waals surface area contributed by atoms with Crippen molar-refractivity contribution >= 4 is 75.9 Å². The quantitative estimate of drug-likeness (QED) is 0.145. The molecule has 2 aliphatic rings. The number of nitrogens with one attached hydrogen (secondary N) is 3. The van der Waals surface area contributed by atoms with Gasteiger partial charge in [-0.1, -0.05) is 12.1 Å². The number of hydrogen-bond donors (Lipinski definition) is 3. The summed E-state index contributed by atoms with van der Waals surface area (Å²) in [5.41, 5.74) is 6.06. The second kappa shape index (κ2) is 18.3. The Bertz CT molecular complexity index is 1750. The number of morpholine rings is 1. The van der Waals surface area contributed by atoms with Crippen LogP contribution in [0.2, 0.25) is 0 Å². The van der Waals surface area contributed by atoms with Crippen molar-refractivity contribution < 1.29 is 19.1 Å². The molecule has 0 atom stereocenters. The number of rotatable bonds is 11. The van der Waals surface area contributed by atoms with Crippen molar-refractivity contribution in [3.8, 4) is 0 Å². The molecule has 1 fully saturated rings. The van der Waals surface area contributed by atoms with E-state index in [4.69, 9.17) is 4.74 Å². The number of amides is 3. The lowest BCUT2D eigenvalue weighted by molar-refractivity contribution is 0.0342. The monoisotopic (exact) mass is 737 g/mol. The van der Waals surface area contributed by atoms with Gasteiger partial charge in [-0.2, -0.15) is 0 Å². The van der Waals surface area contributed by atoms with E-state index in [0.717, 1.165) is 93.3 Å². The third-order valence-corrected chi connectivity index (χ3v) is 10.2. The Balaban J connectivity index is 0.00000281. The third-order valence-electron chi connectivity index (χ3n) is 8.98. The van der Waals surface area contributed by atoms with Crippen molar-refractivity contribution in [2.75, 3.05) is 60.2 Å². The molecule has 50 heavy (non-hydrogen) atoms. The van der Waals surface area contributed by atoms with Crippen LogP contribution in [0.25, 0.3) is 0 Å². The minimum absolute atomic E-state index is 0. The van der Waals surface area contributed by atoms with Crippen LogP contribution in [-0.2, 0) is 24.1 Å². The zero-order valence-corrected chi connectivity index (χ0v) is 30.9. The molecule has 1 aliphatic carbocycles. The number of carbonyl (C=O) groups is 3. The molecule has 6 rings (SSSR count). The van der Waals surface area contributed by atoms with Crippen LogP contribution in [0.1, 0.15) is 73.8 Å². The summed E-state index contributed by atoms with van der Waals surface area (Å²) in [6, 6.07) is 22.4. The van der Waals surface area contributed by atoms with Crippen LogP contribution in [0, 0.1) is 0 Å². The molecule has 3 amide bonds. The third kappa shape index (κ3) is 9.44. The summed E-state index contributed by atoms with van der Waals surface area (Å²) in [5, 5.41) is 9.61. The van der Waals surface area contributed by atoms with Crippen molar-refractivity contribution in [2.24, 2.45) is 0 Å². The molecule has 0 spiro atoms. The highest BCUT2D eigenvalue weighted by molar-refractivity contribution is 7.17. The average Bonchev–Trinajstić information content (AvgIpc) is 3.48. The van der Waals surface area contributed by atoms with E-state index >= 15 is 0 Å². The van der Waals surface area contributed by atoms with Gasteiger partial charge in [-0.3, -0.25) is 19.3 Å². The number of ether oxygens (including phenoxy) is 1. The van der Waals surface area contributed by atoms with E-state index in [2.05, 4.69) is 39.6 Å². The number of carbonyl (C=O) groups excluding carboxylic acids is 3. The van der Waals surface area contributed by atoms with E-state index in [1.54, 1.807) is 24.3 Å². The number of halogens is 2. The van der Waals surface area contributed by atoms with E-state index in [-0.39, 0.29) is 42.5 Å². The zero-order valence-electron chi connectivity index (χ0n) is 28.5. The Morgan fingerprint density at radius 2 is 1.38 bits per heavy atom. The van der Waals surface area contributed by atoms with Gasteiger partial charge in [0.05, 0.1) is 18.8 Å². The Hall–Kier alpha value is -3.93. The fourth-order valence-electron chi connectivity index (χ4n) is 6.34. The smallest absolute Gasteiger partial charge is 0.258 e. The molecule has 9 nitrogen and oxygen atoms in total. The van der Waals surface area contributed by atoms with Gasteiger partial charge in [-0.25, -0.2) is 0 Å². The molecule has 0 radical (unpaired) electrons. The minimum Gasteiger partial charge on any atom is -0.379 e. The van der Waals surface area contributed by atoms with E-state index in [0.29, 0.717) is 33.1 Å². The Labute approximate surface area is 310 Å². The highest BCUT2D eigenvalue weighted by Crippen LogP contribution is 2.39. The fraction of sp³-hybridized carbons (Fsp3) is 0.342. The van der Waals surface area contributed by atoms with Crippen LogP contribution < -0.4 is 20.9 Å². The van der Waals surface area contributed by atoms with Gasteiger partial charge in [0.2, 0.25) is 0 Å². The molecule has 12 heteroatoms. The summed E-state index contributed by atoms with van der Waals surface area (Å²) in [6.45, 7) is 10.0. The maximum absolute atomic E-state index is 13.8. The van der Waals surface area contributed by atoms with E-state index in [1.165, 1.54) is 11.3 Å². The summed E-state index contributed by atoms with van der Waals surface area (Å²) < 4.78 is 5.46. The van der Waals surface area contributed by atoms with E-state index in [1.807, 2.05) is 48.5 Å². The Morgan fingerprint density at radius 1 is 0.760 bits per heavy atom. The maximum atomic E-state index is 13.8. The van der Waals surface area contributed by atoms with Crippen LogP contribution in [0.5, 0.6) is 0 Å². The van der Waals surface area contributed by atoms with Crippen LogP contribution >= 0.6 is 36.2 Å². The SMILES string of the molecule is CCN(CC)c1ccc(NC(=O)c2ccc(NC(=O)c3c(NC(=O)c4cccc(CN5CCOCC5)c4)sc4c3CCCC4)cc2)cc1.Cl.Cl. The molecule has 1 saturated heterocycles. The number of fused-ring (bicyclic) bond motifs is 1. The first-order valence-electron chi connectivity index (χ1n) is 16.8. The summed E-state index contributed by atoms with van der Waals surface area (Å²) in [7, 11) is 0. The van der Waals surface area contributed by atoms with Gasteiger partial charge >= 0.3 is 0 Å². The van der Waals surface area contributed by atoms with Gasteiger partial charge in [0.1, 0.15) is 5.00 Å². The van der Waals surface area contributed by atoms with Gasteiger partial charge in [0, 0.05) is 65.8 Å². The summed E-state index contributed by atoms with van der Waals surface area (Å²) in [4.78, 5) is 46.0. The number of hydrogen-bond acceptors (Lipinski definition) is 7. The van der Waals surface area contributed by atoms with Crippen molar-refractivity contribution in [3.63, 3.8) is 0 Å². The summed E-state index contributed by atoms with van der Waals surface area (Å²) >= 11 is 1.50. The molecule has 3 aromatic carbocycles. The molecule has 0 bridgehead atoms. The molecule has 0 unspecified atom stereocenters. The van der Waals surface area contributed by atoms with E-state index in [9.17, 15) is 14.4 Å². The molecule has 266 valence electrons. The topological polar surface area (TPSA) is 103 Å². The van der Waals surface area contributed by atoms with Crippen molar-refractivity contribution in [1.29, 1.82) is 0 Å². The molecule has 1 aliphatic heterocycles. The minimum atomic E-state index is -0.267. The van der Waals surface area contributed by atoms with Crippen LogP contribution in [-0.4, -0.2) is 62.0 Å². The lowest BCUT2D eigenvalue weighted by Crippen LogP contribution is -2.35.